The van der Waals surface area contributed by atoms with Crippen LogP contribution in [0.5, 0.6) is 0 Å². The van der Waals surface area contributed by atoms with Crippen molar-refractivity contribution < 1.29 is 0 Å². The van der Waals surface area contributed by atoms with Crippen LogP contribution in [0.25, 0.3) is 11.1 Å². The van der Waals surface area contributed by atoms with E-state index in [1.807, 2.05) is 18.2 Å². The maximum absolute atomic E-state index is 6.39. The zero-order valence-electron chi connectivity index (χ0n) is 11.2. The van der Waals surface area contributed by atoms with Crippen LogP contribution in [-0.2, 0) is 5.79 Å². The lowest BCUT2D eigenvalue weighted by molar-refractivity contribution is 0.375. The van der Waals surface area contributed by atoms with E-state index in [-0.39, 0.29) is 5.96 Å². The van der Waals surface area contributed by atoms with Crippen LogP contribution in [0.3, 0.4) is 0 Å². The minimum atomic E-state index is -1.23. The standard InChI is InChI=1S/C14H12Cl3N5/c15-9-4-2-1-3-8(9)12-10(16)5-7(6-11(12)17)14(19)20-13(18)21-22-14/h1-6,22H,19H2,(H3,18,20,21). The van der Waals surface area contributed by atoms with Gasteiger partial charge in [-0.2, -0.15) is 5.43 Å². The third-order valence-electron chi connectivity index (χ3n) is 3.30. The molecule has 1 heterocycles. The summed E-state index contributed by atoms with van der Waals surface area (Å²) in [4.78, 5) is 4.10. The van der Waals surface area contributed by atoms with Gasteiger partial charge in [0, 0.05) is 21.7 Å². The lowest BCUT2D eigenvalue weighted by Gasteiger charge is -2.22. The normalized spacial score (nSPS) is 20.6. The summed E-state index contributed by atoms with van der Waals surface area (Å²) in [6.45, 7) is 0. The summed E-state index contributed by atoms with van der Waals surface area (Å²) in [5, 5.41) is 1.40. The largest absolute Gasteiger partial charge is 0.369 e. The molecule has 0 bridgehead atoms. The Morgan fingerprint density at radius 3 is 2.18 bits per heavy atom. The molecule has 0 aromatic heterocycles. The van der Waals surface area contributed by atoms with Crippen LogP contribution in [-0.4, -0.2) is 5.96 Å². The van der Waals surface area contributed by atoms with Crippen molar-refractivity contribution >= 4 is 40.8 Å². The predicted octanol–water partition coefficient (Wildman–Crippen LogP) is 2.81. The van der Waals surface area contributed by atoms with Gasteiger partial charge in [-0.25, -0.2) is 4.99 Å². The molecule has 5 nitrogen and oxygen atoms in total. The van der Waals surface area contributed by atoms with Crippen molar-refractivity contribution in [3.8, 4) is 11.1 Å². The number of nitrogens with one attached hydrogen (secondary N) is 2. The molecule has 6 N–H and O–H groups in total. The first-order valence-corrected chi connectivity index (χ1v) is 7.46. The monoisotopic (exact) mass is 355 g/mol. The number of hydrogen-bond donors (Lipinski definition) is 4. The number of halogens is 3. The van der Waals surface area contributed by atoms with E-state index in [9.17, 15) is 0 Å². The average molecular weight is 357 g/mol. The molecule has 1 aliphatic heterocycles. The quantitative estimate of drug-likeness (QED) is 0.666. The SMILES string of the molecule is NC1=NC(N)(c2cc(Cl)c(-c3ccccc3Cl)c(Cl)c2)NN1. The molecule has 1 unspecified atom stereocenters. The van der Waals surface area contributed by atoms with Gasteiger partial charge in [-0.1, -0.05) is 53.0 Å². The zero-order valence-corrected chi connectivity index (χ0v) is 13.5. The van der Waals surface area contributed by atoms with Crippen LogP contribution in [0.4, 0.5) is 0 Å². The fourth-order valence-electron chi connectivity index (χ4n) is 2.26. The van der Waals surface area contributed by atoms with Gasteiger partial charge in [0.15, 0.2) is 0 Å². The van der Waals surface area contributed by atoms with Gasteiger partial charge < -0.3 is 5.73 Å². The van der Waals surface area contributed by atoms with E-state index in [1.165, 1.54) is 0 Å². The van der Waals surface area contributed by atoms with E-state index in [0.717, 1.165) is 5.56 Å². The number of nitrogens with zero attached hydrogens (tertiary/aromatic N) is 1. The minimum Gasteiger partial charge on any atom is -0.369 e. The number of aliphatic imine (C=N–C) groups is 1. The van der Waals surface area contributed by atoms with E-state index in [0.29, 0.717) is 26.2 Å². The van der Waals surface area contributed by atoms with Crippen LogP contribution >= 0.6 is 34.8 Å². The lowest BCUT2D eigenvalue weighted by Crippen LogP contribution is -2.50. The molecular formula is C14H12Cl3N5. The maximum atomic E-state index is 6.39. The van der Waals surface area contributed by atoms with E-state index in [1.54, 1.807) is 18.2 Å². The van der Waals surface area contributed by atoms with Gasteiger partial charge in [-0.3, -0.25) is 11.2 Å². The average Bonchev–Trinajstić information content (AvgIpc) is 2.81. The van der Waals surface area contributed by atoms with Crippen LogP contribution in [0.2, 0.25) is 15.1 Å². The van der Waals surface area contributed by atoms with Crippen LogP contribution in [0.15, 0.2) is 41.4 Å². The molecule has 3 rings (SSSR count). The van der Waals surface area contributed by atoms with Gasteiger partial charge in [0.25, 0.3) is 0 Å². The van der Waals surface area contributed by atoms with Gasteiger partial charge in [0.2, 0.25) is 11.7 Å². The Kier molecular flexibility index (Phi) is 3.92. The molecule has 2 aromatic rings. The molecule has 8 heteroatoms. The molecule has 0 radical (unpaired) electrons. The second-order valence-electron chi connectivity index (χ2n) is 4.81. The predicted molar refractivity (Wildman–Crippen MR) is 90.7 cm³/mol. The lowest BCUT2D eigenvalue weighted by atomic mass is 10.0. The number of hydrogen-bond acceptors (Lipinski definition) is 5. The summed E-state index contributed by atoms with van der Waals surface area (Å²) in [6, 6.07) is 10.7. The first-order valence-electron chi connectivity index (χ1n) is 6.32. The zero-order chi connectivity index (χ0) is 15.9. The highest BCUT2D eigenvalue weighted by Crippen LogP contribution is 2.40. The summed E-state index contributed by atoms with van der Waals surface area (Å²) >= 11 is 19.0. The Hall–Kier alpha value is -1.50. The molecule has 0 saturated carbocycles. The molecule has 0 fully saturated rings. The number of rotatable bonds is 2. The van der Waals surface area contributed by atoms with Crippen molar-refractivity contribution in [2.45, 2.75) is 5.79 Å². The Labute approximate surface area is 142 Å². The summed E-state index contributed by atoms with van der Waals surface area (Å²) in [5.74, 6) is -1.04. The summed E-state index contributed by atoms with van der Waals surface area (Å²) in [7, 11) is 0. The Bertz CT molecular complexity index is 754. The van der Waals surface area contributed by atoms with E-state index in [2.05, 4.69) is 15.8 Å². The van der Waals surface area contributed by atoms with Crippen molar-refractivity contribution in [2.24, 2.45) is 16.5 Å². The molecule has 114 valence electrons. The molecule has 0 aliphatic carbocycles. The summed E-state index contributed by atoms with van der Waals surface area (Å²) in [6.07, 6.45) is 0. The van der Waals surface area contributed by atoms with E-state index in [4.69, 9.17) is 46.3 Å². The molecule has 0 saturated heterocycles. The van der Waals surface area contributed by atoms with Crippen LogP contribution < -0.4 is 22.3 Å². The van der Waals surface area contributed by atoms with Gasteiger partial charge in [0.05, 0.1) is 10.0 Å². The first-order chi connectivity index (χ1) is 10.4. The number of benzene rings is 2. The third kappa shape index (κ3) is 2.62. The second-order valence-corrected chi connectivity index (χ2v) is 6.03. The molecule has 2 aromatic carbocycles. The highest BCUT2D eigenvalue weighted by Gasteiger charge is 2.32. The van der Waals surface area contributed by atoms with Crippen LogP contribution in [0, 0.1) is 0 Å². The van der Waals surface area contributed by atoms with Gasteiger partial charge in [-0.05, 0) is 18.2 Å². The smallest absolute Gasteiger partial charge is 0.209 e. The molecule has 0 amide bonds. The van der Waals surface area contributed by atoms with Crippen molar-refractivity contribution in [1.82, 2.24) is 10.9 Å². The molecule has 0 spiro atoms. The Morgan fingerprint density at radius 1 is 1.00 bits per heavy atom. The van der Waals surface area contributed by atoms with Crippen LogP contribution in [0.1, 0.15) is 5.56 Å². The summed E-state index contributed by atoms with van der Waals surface area (Å²) < 4.78 is 0. The topological polar surface area (TPSA) is 88.5 Å². The highest BCUT2D eigenvalue weighted by molar-refractivity contribution is 6.41. The molecule has 22 heavy (non-hydrogen) atoms. The highest BCUT2D eigenvalue weighted by atomic mass is 35.5. The van der Waals surface area contributed by atoms with Gasteiger partial charge in [0.1, 0.15) is 0 Å². The fraction of sp³-hybridized carbons (Fsp3) is 0.0714. The maximum Gasteiger partial charge on any atom is 0.209 e. The van der Waals surface area contributed by atoms with Crippen molar-refractivity contribution in [2.75, 3.05) is 0 Å². The first kappa shape index (κ1) is 15.4. The molecule has 1 aliphatic rings. The Balaban J connectivity index is 2.12. The van der Waals surface area contributed by atoms with Crippen molar-refractivity contribution in [3.05, 3.63) is 57.0 Å². The second kappa shape index (κ2) is 5.61. The summed E-state index contributed by atoms with van der Waals surface area (Å²) in [5.41, 5.74) is 19.1. The third-order valence-corrected chi connectivity index (χ3v) is 4.23. The fourth-order valence-corrected chi connectivity index (χ4v) is 3.18. The number of hydrazine groups is 1. The van der Waals surface area contributed by atoms with Gasteiger partial charge >= 0.3 is 0 Å². The number of nitrogens with two attached hydrogens (primary N) is 2. The molecule has 1 atom stereocenters. The van der Waals surface area contributed by atoms with E-state index >= 15 is 0 Å². The Morgan fingerprint density at radius 2 is 1.64 bits per heavy atom. The van der Waals surface area contributed by atoms with Crippen molar-refractivity contribution in [1.29, 1.82) is 0 Å². The minimum absolute atomic E-state index is 0.185. The molecular weight excluding hydrogens is 345 g/mol. The van der Waals surface area contributed by atoms with E-state index < -0.39 is 5.79 Å². The van der Waals surface area contributed by atoms with Gasteiger partial charge in [-0.15, -0.1) is 0 Å². The number of guanidine groups is 1. The van der Waals surface area contributed by atoms with Crippen molar-refractivity contribution in [3.63, 3.8) is 0 Å².